The van der Waals surface area contributed by atoms with Crippen LogP contribution in [0, 0.1) is 20.8 Å². The highest BCUT2D eigenvalue weighted by atomic mass is 32.2. The van der Waals surface area contributed by atoms with Crippen LogP contribution in [0.15, 0.2) is 71.8 Å². The lowest BCUT2D eigenvalue weighted by atomic mass is 10.1. The number of hydrogen-bond acceptors (Lipinski definition) is 9. The molecule has 1 fully saturated rings. The molecule has 2 aromatic carbocycles. The summed E-state index contributed by atoms with van der Waals surface area (Å²) in [6.07, 6.45) is 0. The number of nitrogens with two attached hydrogens (primary N) is 1. The van der Waals surface area contributed by atoms with Gasteiger partial charge in [-0.05, 0) is 61.7 Å². The molecule has 11 heteroatoms. The first-order valence-electron chi connectivity index (χ1n) is 13.5. The van der Waals surface area contributed by atoms with Gasteiger partial charge in [0.15, 0.2) is 5.03 Å². The molecular formula is C31H33N5O5S. The molecule has 0 radical (unpaired) electrons. The van der Waals surface area contributed by atoms with Gasteiger partial charge in [-0.3, -0.25) is 9.69 Å². The maximum atomic E-state index is 13.4. The molecular weight excluding hydrogens is 554 g/mol. The number of aryl methyl sites for hydroxylation is 3. The Morgan fingerprint density at radius 3 is 2.33 bits per heavy atom. The highest BCUT2D eigenvalue weighted by Crippen LogP contribution is 2.33. The lowest BCUT2D eigenvalue weighted by Crippen LogP contribution is -2.35. The van der Waals surface area contributed by atoms with E-state index < -0.39 is 15.9 Å². The third-order valence-electron chi connectivity index (χ3n) is 6.92. The van der Waals surface area contributed by atoms with Gasteiger partial charge in [-0.2, -0.15) is 8.42 Å². The van der Waals surface area contributed by atoms with E-state index in [1.807, 2.05) is 57.2 Å². The van der Waals surface area contributed by atoms with Crippen molar-refractivity contribution >= 4 is 21.7 Å². The first-order chi connectivity index (χ1) is 20.1. The van der Waals surface area contributed by atoms with Crippen molar-refractivity contribution in [2.24, 2.45) is 0 Å². The molecule has 4 aromatic rings. The fourth-order valence-corrected chi connectivity index (χ4v) is 5.83. The number of pyridine rings is 2. The number of morpholine rings is 1. The third kappa shape index (κ3) is 6.76. The summed E-state index contributed by atoms with van der Waals surface area (Å²) in [7, 11) is -4.31. The van der Waals surface area contributed by atoms with E-state index in [9.17, 15) is 13.2 Å². The second kappa shape index (κ2) is 12.3. The summed E-state index contributed by atoms with van der Waals surface area (Å²) in [6, 6.07) is 19.3. The van der Waals surface area contributed by atoms with Crippen molar-refractivity contribution in [3.8, 4) is 22.9 Å². The largest absolute Gasteiger partial charge is 0.438 e. The number of rotatable bonds is 8. The van der Waals surface area contributed by atoms with E-state index in [0.717, 1.165) is 55.1 Å². The molecule has 3 N–H and O–H groups in total. The molecule has 0 spiro atoms. The molecule has 1 aliphatic heterocycles. The van der Waals surface area contributed by atoms with Gasteiger partial charge >= 0.3 is 0 Å². The molecule has 0 bridgehead atoms. The van der Waals surface area contributed by atoms with E-state index in [-0.39, 0.29) is 22.3 Å². The van der Waals surface area contributed by atoms with Crippen LogP contribution in [0.1, 0.15) is 32.6 Å². The highest BCUT2D eigenvalue weighted by Gasteiger charge is 2.25. The lowest BCUT2D eigenvalue weighted by molar-refractivity contribution is 0.0342. The number of hydrogen-bond donors (Lipinski definition) is 2. The van der Waals surface area contributed by atoms with Crippen molar-refractivity contribution in [2.75, 3.05) is 32.0 Å². The minimum atomic E-state index is -4.31. The van der Waals surface area contributed by atoms with Gasteiger partial charge in [0.1, 0.15) is 17.1 Å². The average Bonchev–Trinajstić information content (AvgIpc) is 2.95. The van der Waals surface area contributed by atoms with Crippen molar-refractivity contribution in [1.29, 1.82) is 0 Å². The van der Waals surface area contributed by atoms with Gasteiger partial charge in [0, 0.05) is 25.2 Å². The van der Waals surface area contributed by atoms with E-state index in [1.165, 1.54) is 29.8 Å². The molecule has 1 amide bonds. The minimum Gasteiger partial charge on any atom is -0.438 e. The Morgan fingerprint density at radius 2 is 1.67 bits per heavy atom. The smallest absolute Gasteiger partial charge is 0.281 e. The maximum Gasteiger partial charge on any atom is 0.281 e. The summed E-state index contributed by atoms with van der Waals surface area (Å²) >= 11 is 0. The zero-order valence-electron chi connectivity index (χ0n) is 23.8. The van der Waals surface area contributed by atoms with Gasteiger partial charge in [0.2, 0.25) is 5.88 Å². The van der Waals surface area contributed by atoms with Crippen LogP contribution in [-0.4, -0.2) is 55.5 Å². The van der Waals surface area contributed by atoms with Crippen molar-refractivity contribution < 1.29 is 22.7 Å². The number of benzene rings is 2. The molecule has 0 saturated carbocycles. The summed E-state index contributed by atoms with van der Waals surface area (Å²) in [5, 5.41) is -0.370. The van der Waals surface area contributed by atoms with Gasteiger partial charge in [-0.25, -0.2) is 14.7 Å². The molecule has 5 rings (SSSR count). The second-order valence-corrected chi connectivity index (χ2v) is 11.9. The lowest BCUT2D eigenvalue weighted by Gasteiger charge is -2.26. The van der Waals surface area contributed by atoms with Crippen LogP contribution < -0.4 is 15.2 Å². The molecule has 2 aromatic heterocycles. The van der Waals surface area contributed by atoms with Gasteiger partial charge in [-0.15, -0.1) is 0 Å². The van der Waals surface area contributed by atoms with Gasteiger partial charge in [-0.1, -0.05) is 48.0 Å². The molecule has 218 valence electrons. The summed E-state index contributed by atoms with van der Waals surface area (Å²) in [5.74, 6) is -0.369. The molecule has 3 heterocycles. The fourth-order valence-electron chi connectivity index (χ4n) is 4.88. The number of nitrogen functional groups attached to an aromatic ring is 1. The van der Waals surface area contributed by atoms with E-state index >= 15 is 0 Å². The van der Waals surface area contributed by atoms with Crippen LogP contribution in [0.2, 0.25) is 0 Å². The molecule has 0 atom stereocenters. The topological polar surface area (TPSA) is 137 Å². The predicted molar refractivity (Wildman–Crippen MR) is 160 cm³/mol. The summed E-state index contributed by atoms with van der Waals surface area (Å²) in [4.78, 5) is 24.2. The normalized spacial score (nSPS) is 14.0. The molecule has 0 unspecified atom stereocenters. The summed E-state index contributed by atoms with van der Waals surface area (Å²) in [6.45, 7) is 9.89. The zero-order valence-corrected chi connectivity index (χ0v) is 24.6. The Bertz CT molecular complexity index is 1700. The molecule has 1 aliphatic rings. The number of nitrogens with zero attached hydrogens (tertiary/aromatic N) is 3. The standard InChI is InChI=1S/C31H33N5O5S/c1-20-17-21(2)29(22(3)18-20)41-31-25(30(37)35-42(38,39)28-6-4-5-27(32)34-28)11-12-26(33-31)24-9-7-23(8-10-24)19-36-13-15-40-16-14-36/h4-12,17-18H,13-16,19H2,1-3H3,(H2,32,34)(H,35,37). The minimum absolute atomic E-state index is 0.0154. The van der Waals surface area contributed by atoms with Crippen LogP contribution in [0.4, 0.5) is 5.82 Å². The predicted octanol–water partition coefficient (Wildman–Crippen LogP) is 4.39. The Labute approximate surface area is 245 Å². The van der Waals surface area contributed by atoms with Crippen LogP contribution in [0.25, 0.3) is 11.3 Å². The Morgan fingerprint density at radius 1 is 0.976 bits per heavy atom. The number of aromatic nitrogens is 2. The van der Waals surface area contributed by atoms with Crippen LogP contribution >= 0.6 is 0 Å². The van der Waals surface area contributed by atoms with Crippen molar-refractivity contribution in [3.63, 3.8) is 0 Å². The van der Waals surface area contributed by atoms with E-state index in [0.29, 0.717) is 11.4 Å². The third-order valence-corrected chi connectivity index (χ3v) is 8.15. The van der Waals surface area contributed by atoms with Gasteiger partial charge in [0.05, 0.1) is 18.9 Å². The highest BCUT2D eigenvalue weighted by molar-refractivity contribution is 7.90. The second-order valence-electron chi connectivity index (χ2n) is 10.3. The molecule has 42 heavy (non-hydrogen) atoms. The SMILES string of the molecule is Cc1cc(C)c(Oc2nc(-c3ccc(CN4CCOCC4)cc3)ccc2C(=O)NS(=O)(=O)c2cccc(N)n2)c(C)c1. The number of nitrogens with one attached hydrogen (secondary N) is 1. The number of sulfonamides is 1. The van der Waals surface area contributed by atoms with E-state index in [2.05, 4.69) is 19.6 Å². The number of anilines is 1. The quantitative estimate of drug-likeness (QED) is 0.307. The zero-order chi connectivity index (χ0) is 29.9. The van der Waals surface area contributed by atoms with Crippen molar-refractivity contribution in [2.45, 2.75) is 32.3 Å². The number of carbonyl (C=O) groups excluding carboxylic acids is 1. The first kappa shape index (κ1) is 29.2. The Kier molecular flexibility index (Phi) is 8.53. The Balaban J connectivity index is 1.47. The summed E-state index contributed by atoms with van der Waals surface area (Å²) < 4.78 is 39.6. The van der Waals surface area contributed by atoms with E-state index in [4.69, 9.17) is 15.2 Å². The van der Waals surface area contributed by atoms with Crippen molar-refractivity contribution in [3.05, 3.63) is 94.5 Å². The monoisotopic (exact) mass is 587 g/mol. The van der Waals surface area contributed by atoms with Crippen LogP contribution in [0.3, 0.4) is 0 Å². The van der Waals surface area contributed by atoms with E-state index in [1.54, 1.807) is 6.07 Å². The molecule has 0 aliphatic carbocycles. The molecule has 1 saturated heterocycles. The maximum absolute atomic E-state index is 13.4. The number of ether oxygens (including phenoxy) is 2. The Hall–Kier alpha value is -4.32. The van der Waals surface area contributed by atoms with Crippen molar-refractivity contribution in [1.82, 2.24) is 19.6 Å². The molecule has 10 nitrogen and oxygen atoms in total. The first-order valence-corrected chi connectivity index (χ1v) is 15.0. The number of carbonyl (C=O) groups is 1. The number of amides is 1. The van der Waals surface area contributed by atoms with Crippen LogP contribution in [-0.2, 0) is 21.3 Å². The fraction of sp³-hybridized carbons (Fsp3) is 0.258. The average molecular weight is 588 g/mol. The van der Waals surface area contributed by atoms with Gasteiger partial charge < -0.3 is 15.2 Å². The summed E-state index contributed by atoms with van der Waals surface area (Å²) in [5.41, 5.74) is 10.9. The van der Waals surface area contributed by atoms with Gasteiger partial charge in [0.25, 0.3) is 15.9 Å². The van der Waals surface area contributed by atoms with Crippen LogP contribution in [0.5, 0.6) is 11.6 Å².